The van der Waals surface area contributed by atoms with Gasteiger partial charge in [0.2, 0.25) is 11.6 Å². The van der Waals surface area contributed by atoms with Gasteiger partial charge in [0.05, 0.1) is 0 Å². The zero-order valence-corrected chi connectivity index (χ0v) is 9.99. The summed E-state index contributed by atoms with van der Waals surface area (Å²) in [5, 5.41) is 5.95. The monoisotopic (exact) mass is 276 g/mol. The van der Waals surface area contributed by atoms with Crippen molar-refractivity contribution in [1.82, 2.24) is 4.98 Å². The van der Waals surface area contributed by atoms with Crippen LogP contribution in [0.25, 0.3) is 0 Å². The largest absolute Gasteiger partial charge is 0.373 e. The van der Waals surface area contributed by atoms with E-state index in [0.717, 1.165) is 5.56 Å². The Balaban J connectivity index is 2.34. The number of hydrogen-bond donors (Lipinski definition) is 1. The van der Waals surface area contributed by atoms with Crippen LogP contribution in [0.3, 0.4) is 0 Å². The molecule has 18 heavy (non-hydrogen) atoms. The van der Waals surface area contributed by atoms with Gasteiger partial charge in [-0.1, -0.05) is 0 Å². The van der Waals surface area contributed by atoms with E-state index in [-0.39, 0.29) is 0 Å². The first kappa shape index (κ1) is 12.8. The van der Waals surface area contributed by atoms with Crippen LogP contribution >= 0.6 is 11.3 Å². The second-order valence-corrected chi connectivity index (χ2v) is 4.40. The van der Waals surface area contributed by atoms with Gasteiger partial charge in [0, 0.05) is 6.04 Å². The molecule has 0 bridgehead atoms. The number of nitrogens with zero attached hydrogens (tertiary/aromatic N) is 1. The topological polar surface area (TPSA) is 24.9 Å². The molecule has 0 aliphatic rings. The fourth-order valence-electron chi connectivity index (χ4n) is 1.43. The van der Waals surface area contributed by atoms with E-state index in [1.165, 1.54) is 11.3 Å². The van der Waals surface area contributed by atoms with E-state index in [4.69, 9.17) is 0 Å². The lowest BCUT2D eigenvalue weighted by Crippen LogP contribution is -2.12. The lowest BCUT2D eigenvalue weighted by Gasteiger charge is -2.15. The maximum absolute atomic E-state index is 13.3. The van der Waals surface area contributed by atoms with Gasteiger partial charge in [-0.25, -0.2) is 0 Å². The molecule has 96 valence electrons. The molecule has 2 nitrogen and oxygen atoms in total. The molecule has 0 aliphatic heterocycles. The summed E-state index contributed by atoms with van der Waals surface area (Å²) in [6.07, 6.45) is 0. The quantitative estimate of drug-likeness (QED) is 0.680. The van der Waals surface area contributed by atoms with Crippen molar-refractivity contribution < 1.29 is 17.6 Å². The van der Waals surface area contributed by atoms with Crippen molar-refractivity contribution in [1.29, 1.82) is 0 Å². The van der Waals surface area contributed by atoms with E-state index in [1.807, 2.05) is 0 Å². The molecule has 0 aliphatic carbocycles. The summed E-state index contributed by atoms with van der Waals surface area (Å²) >= 11 is 1.41. The molecule has 2 aromatic heterocycles. The highest BCUT2D eigenvalue weighted by Crippen LogP contribution is 2.27. The fourth-order valence-corrected chi connectivity index (χ4v) is 2.19. The summed E-state index contributed by atoms with van der Waals surface area (Å²) in [7, 11) is 0. The van der Waals surface area contributed by atoms with Crippen molar-refractivity contribution in [2.75, 3.05) is 5.32 Å². The second-order valence-electron chi connectivity index (χ2n) is 3.62. The van der Waals surface area contributed by atoms with E-state index >= 15 is 0 Å². The van der Waals surface area contributed by atoms with Crippen LogP contribution in [0, 0.1) is 23.5 Å². The molecule has 0 fully saturated rings. The second kappa shape index (κ2) is 4.93. The fraction of sp³-hybridized carbons (Fsp3) is 0.182. The highest BCUT2D eigenvalue weighted by atomic mass is 32.1. The molecule has 0 spiro atoms. The van der Waals surface area contributed by atoms with Gasteiger partial charge < -0.3 is 5.32 Å². The molecule has 0 saturated carbocycles. The maximum atomic E-state index is 13.3. The summed E-state index contributed by atoms with van der Waals surface area (Å²) in [4.78, 5) is 2.48. The average Bonchev–Trinajstić information content (AvgIpc) is 2.85. The Morgan fingerprint density at radius 3 is 2.28 bits per heavy atom. The third-order valence-electron chi connectivity index (χ3n) is 2.40. The summed E-state index contributed by atoms with van der Waals surface area (Å²) in [6, 6.07) is 1.26. The van der Waals surface area contributed by atoms with Crippen molar-refractivity contribution in [3.8, 4) is 0 Å². The molecule has 0 radical (unpaired) electrons. The summed E-state index contributed by atoms with van der Waals surface area (Å²) in [5.41, 5.74) is -0.0878. The van der Waals surface area contributed by atoms with Crippen LogP contribution in [0.5, 0.6) is 0 Å². The highest BCUT2D eigenvalue weighted by molar-refractivity contribution is 7.07. The van der Waals surface area contributed by atoms with Crippen LogP contribution in [-0.2, 0) is 0 Å². The Morgan fingerprint density at radius 1 is 1.17 bits per heavy atom. The molecule has 2 aromatic rings. The van der Waals surface area contributed by atoms with Gasteiger partial charge in [-0.05, 0) is 29.3 Å². The normalized spacial score (nSPS) is 12.5. The zero-order valence-electron chi connectivity index (χ0n) is 9.18. The van der Waals surface area contributed by atoms with E-state index in [1.54, 1.807) is 23.8 Å². The maximum Gasteiger partial charge on any atom is 0.253 e. The Hall–Kier alpha value is -1.63. The number of pyridine rings is 1. The van der Waals surface area contributed by atoms with Crippen LogP contribution in [0.1, 0.15) is 18.5 Å². The van der Waals surface area contributed by atoms with Crippen molar-refractivity contribution in [3.63, 3.8) is 0 Å². The standard InChI is InChI=1S/C11H8F4N2S/c1-5(6-2-3-18-4-6)16-9-7(12)10(14)17-11(15)8(9)13/h2-5H,1H3,(H,16,17). The molecule has 2 heterocycles. The van der Waals surface area contributed by atoms with Crippen molar-refractivity contribution in [2.45, 2.75) is 13.0 Å². The van der Waals surface area contributed by atoms with Crippen LogP contribution in [-0.4, -0.2) is 4.98 Å². The lowest BCUT2D eigenvalue weighted by atomic mass is 10.2. The van der Waals surface area contributed by atoms with E-state index in [2.05, 4.69) is 10.3 Å². The molecule has 1 unspecified atom stereocenters. The Bertz CT molecular complexity index is 530. The SMILES string of the molecule is CC(Nc1c(F)c(F)nc(F)c1F)c1ccsc1. The minimum atomic E-state index is -1.67. The third kappa shape index (κ3) is 2.31. The molecule has 0 amide bonds. The first-order valence-electron chi connectivity index (χ1n) is 4.99. The van der Waals surface area contributed by atoms with Gasteiger partial charge in [-0.3, -0.25) is 0 Å². The Kier molecular flexibility index (Phi) is 3.51. The van der Waals surface area contributed by atoms with Crippen LogP contribution < -0.4 is 5.32 Å². The zero-order chi connectivity index (χ0) is 13.3. The number of nitrogens with one attached hydrogen (secondary N) is 1. The molecular formula is C11H8F4N2S. The number of anilines is 1. The van der Waals surface area contributed by atoms with E-state index in [9.17, 15) is 17.6 Å². The van der Waals surface area contributed by atoms with Crippen LogP contribution in [0.15, 0.2) is 16.8 Å². The van der Waals surface area contributed by atoms with Gasteiger partial charge in [0.25, 0.3) is 11.9 Å². The first-order valence-corrected chi connectivity index (χ1v) is 5.93. The lowest BCUT2D eigenvalue weighted by molar-refractivity contribution is 0.410. The first-order chi connectivity index (χ1) is 8.50. The third-order valence-corrected chi connectivity index (χ3v) is 3.10. The predicted molar refractivity (Wildman–Crippen MR) is 60.4 cm³/mol. The van der Waals surface area contributed by atoms with Gasteiger partial charge >= 0.3 is 0 Å². The smallest absolute Gasteiger partial charge is 0.253 e. The predicted octanol–water partition coefficient (Wildman–Crippen LogP) is 3.87. The van der Waals surface area contributed by atoms with Crippen molar-refractivity contribution in [3.05, 3.63) is 45.9 Å². The van der Waals surface area contributed by atoms with Gasteiger partial charge in [-0.2, -0.15) is 33.9 Å². The summed E-state index contributed by atoms with van der Waals surface area (Å²) < 4.78 is 52.4. The Morgan fingerprint density at radius 2 is 1.78 bits per heavy atom. The molecule has 1 atom stereocenters. The van der Waals surface area contributed by atoms with E-state index in [0.29, 0.717) is 0 Å². The minimum Gasteiger partial charge on any atom is -0.373 e. The number of rotatable bonds is 3. The summed E-state index contributed by atoms with van der Waals surface area (Å²) in [5.74, 6) is -6.41. The van der Waals surface area contributed by atoms with Crippen molar-refractivity contribution >= 4 is 17.0 Å². The van der Waals surface area contributed by atoms with Crippen LogP contribution in [0.2, 0.25) is 0 Å². The number of halogens is 4. The molecule has 0 aromatic carbocycles. The molecule has 2 rings (SSSR count). The number of hydrogen-bond acceptors (Lipinski definition) is 3. The van der Waals surface area contributed by atoms with E-state index < -0.39 is 35.3 Å². The highest BCUT2D eigenvalue weighted by Gasteiger charge is 2.22. The van der Waals surface area contributed by atoms with Gasteiger partial charge in [0.1, 0.15) is 5.69 Å². The van der Waals surface area contributed by atoms with Gasteiger partial charge in [0.15, 0.2) is 0 Å². The number of aromatic nitrogens is 1. The molecule has 7 heteroatoms. The van der Waals surface area contributed by atoms with Gasteiger partial charge in [-0.15, -0.1) is 0 Å². The summed E-state index contributed by atoms with van der Waals surface area (Å²) in [6.45, 7) is 1.62. The minimum absolute atomic E-state index is 0.485. The number of thiophene rings is 1. The van der Waals surface area contributed by atoms with Crippen molar-refractivity contribution in [2.24, 2.45) is 0 Å². The molecular weight excluding hydrogens is 268 g/mol. The Labute approximate surface area is 104 Å². The average molecular weight is 276 g/mol. The van der Waals surface area contributed by atoms with Crippen LogP contribution in [0.4, 0.5) is 23.2 Å². The molecule has 1 N–H and O–H groups in total. The molecule has 0 saturated heterocycles.